The number of carbonyl (C=O) groups excluding carboxylic acids is 1. The summed E-state index contributed by atoms with van der Waals surface area (Å²) in [5, 5.41) is 8.53. The fraction of sp³-hybridized carbons (Fsp3) is 0.526. The molecular weight excluding hydrogens is 332 g/mol. The van der Waals surface area contributed by atoms with Crippen molar-refractivity contribution in [1.29, 1.82) is 0 Å². The summed E-state index contributed by atoms with van der Waals surface area (Å²) in [6, 6.07) is 5.71. The van der Waals surface area contributed by atoms with Crippen molar-refractivity contribution in [1.82, 2.24) is 19.7 Å². The van der Waals surface area contributed by atoms with Crippen LogP contribution in [0, 0.1) is 0 Å². The van der Waals surface area contributed by atoms with E-state index >= 15 is 0 Å². The van der Waals surface area contributed by atoms with Crippen LogP contribution in [0.5, 0.6) is 5.75 Å². The minimum Gasteiger partial charge on any atom is -0.496 e. The van der Waals surface area contributed by atoms with Gasteiger partial charge in [-0.05, 0) is 42.5 Å². The molecule has 0 saturated heterocycles. The Labute approximate surface area is 152 Å². The lowest BCUT2D eigenvalue weighted by atomic mass is 10.0. The summed E-state index contributed by atoms with van der Waals surface area (Å²) < 4.78 is 13.0. The highest BCUT2D eigenvalue weighted by Crippen LogP contribution is 2.44. The fourth-order valence-corrected chi connectivity index (χ4v) is 3.44. The molecular formula is C19H24N4O3. The molecule has 0 radical (unpaired) electrons. The van der Waals surface area contributed by atoms with Crippen molar-refractivity contribution in [2.75, 3.05) is 27.4 Å². The topological polar surface area (TPSA) is 69.5 Å². The van der Waals surface area contributed by atoms with Crippen LogP contribution in [-0.4, -0.2) is 52.9 Å². The minimum absolute atomic E-state index is 0.0169. The van der Waals surface area contributed by atoms with Crippen LogP contribution in [0.25, 0.3) is 0 Å². The Morgan fingerprint density at radius 3 is 2.96 bits per heavy atom. The van der Waals surface area contributed by atoms with E-state index in [-0.39, 0.29) is 5.91 Å². The highest BCUT2D eigenvalue weighted by Gasteiger charge is 2.28. The third kappa shape index (κ3) is 3.31. The minimum atomic E-state index is -0.0169. The summed E-state index contributed by atoms with van der Waals surface area (Å²) in [7, 11) is 3.48. The number of carbonyl (C=O) groups is 1. The van der Waals surface area contributed by atoms with E-state index in [0.717, 1.165) is 48.8 Å². The maximum absolute atomic E-state index is 12.9. The van der Waals surface area contributed by atoms with Gasteiger partial charge in [0.25, 0.3) is 5.91 Å². The van der Waals surface area contributed by atoms with Crippen LogP contribution in [0.2, 0.25) is 0 Å². The third-order valence-electron chi connectivity index (χ3n) is 5.05. The van der Waals surface area contributed by atoms with Gasteiger partial charge >= 0.3 is 0 Å². The van der Waals surface area contributed by atoms with Crippen LogP contribution in [-0.2, 0) is 24.2 Å². The molecule has 1 amide bonds. The highest BCUT2D eigenvalue weighted by atomic mass is 16.5. The lowest BCUT2D eigenvalue weighted by Gasteiger charge is -2.18. The van der Waals surface area contributed by atoms with Crippen LogP contribution in [0.3, 0.4) is 0 Å². The lowest BCUT2D eigenvalue weighted by Crippen LogP contribution is -2.28. The van der Waals surface area contributed by atoms with Gasteiger partial charge in [-0.3, -0.25) is 4.79 Å². The first kappa shape index (κ1) is 17.0. The zero-order chi connectivity index (χ0) is 18.1. The first-order valence-electron chi connectivity index (χ1n) is 9.09. The Morgan fingerprint density at radius 2 is 2.19 bits per heavy atom. The monoisotopic (exact) mass is 356 g/mol. The maximum Gasteiger partial charge on any atom is 0.254 e. The van der Waals surface area contributed by atoms with Gasteiger partial charge in [0, 0.05) is 25.6 Å². The molecule has 1 aromatic heterocycles. The summed E-state index contributed by atoms with van der Waals surface area (Å²) in [5.41, 5.74) is 1.83. The fourth-order valence-electron chi connectivity index (χ4n) is 3.44. The van der Waals surface area contributed by atoms with E-state index in [9.17, 15) is 4.79 Å². The van der Waals surface area contributed by atoms with E-state index in [1.807, 2.05) is 18.2 Å². The number of nitrogens with zero attached hydrogens (tertiary/aromatic N) is 4. The van der Waals surface area contributed by atoms with Crippen molar-refractivity contribution in [2.24, 2.45) is 0 Å². The Hall–Kier alpha value is -2.41. The number of rotatable bonds is 5. The largest absolute Gasteiger partial charge is 0.496 e. The molecule has 2 aromatic rings. The lowest BCUT2D eigenvalue weighted by molar-refractivity contribution is 0.0779. The molecule has 1 aliphatic heterocycles. The van der Waals surface area contributed by atoms with Gasteiger partial charge in [0.2, 0.25) is 0 Å². The second-order valence-corrected chi connectivity index (χ2v) is 6.94. The predicted octanol–water partition coefficient (Wildman–Crippen LogP) is 2.01. The average molecular weight is 356 g/mol. The number of hydrogen-bond donors (Lipinski definition) is 0. The summed E-state index contributed by atoms with van der Waals surface area (Å²) in [6.45, 7) is 2.48. The molecule has 0 spiro atoms. The number of amides is 1. The standard InChI is InChI=1S/C19H24N4O3/c1-22(12-18-21-20-17-7-9-26-10-8-23(17)18)19(24)14-5-6-16(25-2)15(11-14)13-3-4-13/h5-6,11,13H,3-4,7-10,12H2,1-2H3. The van der Waals surface area contributed by atoms with Gasteiger partial charge in [-0.1, -0.05) is 0 Å². The van der Waals surface area contributed by atoms with Crippen LogP contribution >= 0.6 is 0 Å². The molecule has 7 heteroatoms. The first-order valence-corrected chi connectivity index (χ1v) is 9.09. The van der Waals surface area contributed by atoms with Gasteiger partial charge in [0.1, 0.15) is 11.6 Å². The molecule has 1 saturated carbocycles. The van der Waals surface area contributed by atoms with Gasteiger partial charge in [-0.15, -0.1) is 10.2 Å². The summed E-state index contributed by atoms with van der Waals surface area (Å²) in [5.74, 6) is 3.11. The number of ether oxygens (including phenoxy) is 2. The highest BCUT2D eigenvalue weighted by molar-refractivity contribution is 5.94. The number of methoxy groups -OCH3 is 1. The number of hydrogen-bond acceptors (Lipinski definition) is 5. The second-order valence-electron chi connectivity index (χ2n) is 6.94. The SMILES string of the molecule is COc1ccc(C(=O)N(C)Cc2nnc3n2CCOCC3)cc1C1CC1. The van der Waals surface area contributed by atoms with Gasteiger partial charge in [-0.2, -0.15) is 0 Å². The van der Waals surface area contributed by atoms with Crippen LogP contribution in [0.4, 0.5) is 0 Å². The van der Waals surface area contributed by atoms with E-state index in [1.165, 1.54) is 0 Å². The Kier molecular flexibility index (Phi) is 4.63. The van der Waals surface area contributed by atoms with Gasteiger partial charge < -0.3 is 18.9 Å². The zero-order valence-electron chi connectivity index (χ0n) is 15.3. The van der Waals surface area contributed by atoms with Gasteiger partial charge in [0.15, 0.2) is 5.82 Å². The normalized spacial score (nSPS) is 16.7. The Balaban J connectivity index is 1.52. The van der Waals surface area contributed by atoms with Crippen LogP contribution in [0.15, 0.2) is 18.2 Å². The predicted molar refractivity (Wildman–Crippen MR) is 95.3 cm³/mol. The van der Waals surface area contributed by atoms with Gasteiger partial charge in [-0.25, -0.2) is 0 Å². The molecule has 138 valence electrons. The van der Waals surface area contributed by atoms with E-state index in [1.54, 1.807) is 19.1 Å². The molecule has 2 aliphatic rings. The number of benzene rings is 1. The quantitative estimate of drug-likeness (QED) is 0.820. The second kappa shape index (κ2) is 7.07. The smallest absolute Gasteiger partial charge is 0.254 e. The molecule has 2 heterocycles. The maximum atomic E-state index is 12.9. The molecule has 26 heavy (non-hydrogen) atoms. The van der Waals surface area contributed by atoms with E-state index in [4.69, 9.17) is 9.47 Å². The van der Waals surface area contributed by atoms with E-state index in [0.29, 0.717) is 31.2 Å². The molecule has 0 bridgehead atoms. The number of aromatic nitrogens is 3. The van der Waals surface area contributed by atoms with Crippen LogP contribution < -0.4 is 4.74 Å². The molecule has 1 fully saturated rings. The van der Waals surface area contributed by atoms with Crippen molar-refractivity contribution in [3.63, 3.8) is 0 Å². The molecule has 0 atom stereocenters. The van der Waals surface area contributed by atoms with Crippen molar-refractivity contribution in [3.05, 3.63) is 41.0 Å². The molecule has 1 aromatic carbocycles. The van der Waals surface area contributed by atoms with E-state index < -0.39 is 0 Å². The summed E-state index contributed by atoms with van der Waals surface area (Å²) in [6.07, 6.45) is 3.09. The third-order valence-corrected chi connectivity index (χ3v) is 5.05. The average Bonchev–Trinajstić information content (AvgIpc) is 3.47. The molecule has 4 rings (SSSR count). The van der Waals surface area contributed by atoms with Crippen LogP contribution in [0.1, 0.15) is 46.3 Å². The molecule has 7 nitrogen and oxygen atoms in total. The molecule has 1 aliphatic carbocycles. The zero-order valence-corrected chi connectivity index (χ0v) is 15.3. The van der Waals surface area contributed by atoms with E-state index in [2.05, 4.69) is 14.8 Å². The number of fused-ring (bicyclic) bond motifs is 1. The van der Waals surface area contributed by atoms with Crippen molar-refractivity contribution < 1.29 is 14.3 Å². The van der Waals surface area contributed by atoms with Crippen molar-refractivity contribution in [2.45, 2.75) is 38.3 Å². The molecule has 0 N–H and O–H groups in total. The van der Waals surface area contributed by atoms with Crippen molar-refractivity contribution in [3.8, 4) is 5.75 Å². The summed E-state index contributed by atoms with van der Waals surface area (Å²) >= 11 is 0. The Bertz CT molecular complexity index is 813. The van der Waals surface area contributed by atoms with Crippen molar-refractivity contribution >= 4 is 5.91 Å². The van der Waals surface area contributed by atoms with Gasteiger partial charge in [0.05, 0.1) is 26.9 Å². The summed E-state index contributed by atoms with van der Waals surface area (Å²) in [4.78, 5) is 14.6. The first-order chi connectivity index (χ1) is 12.7. The Morgan fingerprint density at radius 1 is 1.35 bits per heavy atom. The molecule has 0 unspecified atom stereocenters.